The van der Waals surface area contributed by atoms with E-state index in [1.54, 1.807) is 0 Å². The lowest BCUT2D eigenvalue weighted by Crippen LogP contribution is -1.65. The van der Waals surface area contributed by atoms with Crippen molar-refractivity contribution >= 4 is 37.1 Å². The van der Waals surface area contributed by atoms with Crippen LogP contribution in [0.25, 0.3) is 0 Å². The van der Waals surface area contributed by atoms with Crippen LogP contribution in [0.4, 0.5) is 0 Å². The molecule has 0 aromatic rings. The lowest BCUT2D eigenvalue weighted by molar-refractivity contribution is 0.361. The topological polar surface area (TPSA) is 121 Å². The summed E-state index contributed by atoms with van der Waals surface area (Å²) in [6.45, 7) is -3.36. The number of hydrogen-bond donors (Lipinski definition) is 6. The highest BCUT2D eigenvalue weighted by atomic mass is 32.5. The highest BCUT2D eigenvalue weighted by Gasteiger charge is 1.92. The van der Waals surface area contributed by atoms with Crippen LogP contribution in [0.5, 0.6) is 0 Å². The Hall–Kier alpha value is 1.06. The van der Waals surface area contributed by atoms with Gasteiger partial charge in [0, 0.05) is 0 Å². The Kier molecular flexibility index (Phi) is 14.5. The van der Waals surface area contributed by atoms with Gasteiger partial charge in [-0.15, -0.1) is 0 Å². The molecule has 0 aliphatic carbocycles. The second kappa shape index (κ2) is 9.61. The van der Waals surface area contributed by atoms with Crippen LogP contribution in [0.3, 0.4) is 0 Å². The zero-order valence-electron chi connectivity index (χ0n) is 7.10. The van der Waals surface area contributed by atoms with E-state index >= 15 is 0 Å². The average molecular weight is 272 g/mol. The molecule has 0 saturated carbocycles. The molecule has 10 heteroatoms. The van der Waals surface area contributed by atoms with Crippen LogP contribution in [0.2, 0.25) is 0 Å². The van der Waals surface area contributed by atoms with Crippen molar-refractivity contribution in [2.24, 2.45) is 0 Å². The van der Waals surface area contributed by atoms with Crippen LogP contribution < -0.4 is 0 Å². The molecule has 0 rings (SSSR count). The summed E-state index contributed by atoms with van der Waals surface area (Å²) in [6, 6.07) is 0. The molecule has 0 aliphatic heterocycles. The van der Waals surface area contributed by atoms with Gasteiger partial charge in [0.2, 0.25) is 0 Å². The van der Waals surface area contributed by atoms with Crippen molar-refractivity contribution in [1.82, 2.24) is 0 Å². The molecule has 0 radical (unpaired) electrons. The molecule has 0 heterocycles. The highest BCUT2D eigenvalue weighted by Crippen LogP contribution is 2.26. The molecule has 0 fully saturated rings. The number of rotatable bonds is 0. The molecule has 0 unspecified atom stereocenters. The maximum atomic E-state index is 7.56. The fourth-order valence-electron chi connectivity index (χ4n) is 0. The smallest absolute Gasteiger partial charge is 0.319 e. The molecule has 0 spiro atoms. The van der Waals surface area contributed by atoms with Crippen LogP contribution >= 0.6 is 13.4 Å². The molecular formula is C3H14O6P2S2. The van der Waals surface area contributed by atoms with E-state index in [2.05, 4.69) is 37.5 Å². The van der Waals surface area contributed by atoms with Gasteiger partial charge < -0.3 is 29.4 Å². The Balaban J connectivity index is -0.000000120. The van der Waals surface area contributed by atoms with Crippen LogP contribution in [-0.2, 0) is 23.6 Å². The Morgan fingerprint density at radius 1 is 0.769 bits per heavy atom. The van der Waals surface area contributed by atoms with E-state index in [4.69, 9.17) is 29.4 Å². The third-order valence-corrected chi connectivity index (χ3v) is 0. The van der Waals surface area contributed by atoms with Crippen molar-refractivity contribution in [2.75, 3.05) is 0 Å². The van der Waals surface area contributed by atoms with E-state index < -0.39 is 13.4 Å². The van der Waals surface area contributed by atoms with Gasteiger partial charge in [0.05, 0.1) is 0 Å². The van der Waals surface area contributed by atoms with Gasteiger partial charge in [-0.2, -0.15) is 0 Å². The monoisotopic (exact) mass is 272 g/mol. The zero-order chi connectivity index (χ0) is 11.7. The lowest BCUT2D eigenvalue weighted by Gasteiger charge is -1.88. The van der Waals surface area contributed by atoms with Gasteiger partial charge in [0.15, 0.2) is 0 Å². The third kappa shape index (κ3) is 1420. The minimum Gasteiger partial charge on any atom is -0.325 e. The molecule has 0 aliphatic rings. The summed E-state index contributed by atoms with van der Waals surface area (Å²) in [6.07, 6.45) is 1.25. The molecule has 6 nitrogen and oxygen atoms in total. The van der Waals surface area contributed by atoms with Gasteiger partial charge in [-0.1, -0.05) is 20.3 Å². The Morgan fingerprint density at radius 3 is 0.769 bits per heavy atom. The van der Waals surface area contributed by atoms with Crippen molar-refractivity contribution in [3.63, 3.8) is 0 Å². The van der Waals surface area contributed by atoms with Gasteiger partial charge in [0.25, 0.3) is 0 Å². The van der Waals surface area contributed by atoms with Crippen molar-refractivity contribution in [3.8, 4) is 0 Å². The summed E-state index contributed by atoms with van der Waals surface area (Å²) in [5.74, 6) is 0. The van der Waals surface area contributed by atoms with Crippen LogP contribution in [-0.4, -0.2) is 29.4 Å². The summed E-state index contributed by atoms with van der Waals surface area (Å²) in [4.78, 5) is 45.3. The fraction of sp³-hybridized carbons (Fsp3) is 1.00. The Morgan fingerprint density at radius 2 is 0.769 bits per heavy atom. The molecule has 0 bridgehead atoms. The first-order chi connectivity index (χ1) is 5.41. The molecule has 0 amide bonds. The van der Waals surface area contributed by atoms with E-state index in [0.717, 1.165) is 0 Å². The summed E-state index contributed by atoms with van der Waals surface area (Å²) in [5.41, 5.74) is 0. The highest BCUT2D eigenvalue weighted by molar-refractivity contribution is 8.06. The van der Waals surface area contributed by atoms with Crippen molar-refractivity contribution in [1.29, 1.82) is 0 Å². The van der Waals surface area contributed by atoms with Crippen LogP contribution in [0, 0.1) is 0 Å². The minimum atomic E-state index is -3.81. The normalized spacial score (nSPS) is 10.5. The van der Waals surface area contributed by atoms with Gasteiger partial charge in [-0.3, -0.25) is 0 Å². The van der Waals surface area contributed by atoms with Crippen molar-refractivity contribution in [3.05, 3.63) is 0 Å². The Labute approximate surface area is 87.0 Å². The van der Waals surface area contributed by atoms with E-state index in [0.29, 0.717) is 0 Å². The molecule has 84 valence electrons. The standard InChI is InChI=1S/C3H8.2H3O3PS/c1-3-2;2*1-4(2,3)5/h3H2,1-2H3;2*(H3,1,2,3,5). The minimum absolute atomic E-state index is 1.25. The second-order valence-electron chi connectivity index (χ2n) is 1.73. The maximum absolute atomic E-state index is 7.56. The first kappa shape index (κ1) is 19.6. The molecular weight excluding hydrogens is 258 g/mol. The van der Waals surface area contributed by atoms with E-state index in [1.807, 2.05) is 0 Å². The second-order valence-corrected chi connectivity index (χ2v) is 6.73. The summed E-state index contributed by atoms with van der Waals surface area (Å²) in [7, 11) is 0. The first-order valence-corrected chi connectivity index (χ1v) is 8.30. The van der Waals surface area contributed by atoms with Gasteiger partial charge in [-0.05, 0) is 23.6 Å². The largest absolute Gasteiger partial charge is 0.325 e. The fourth-order valence-corrected chi connectivity index (χ4v) is 0. The molecule has 13 heavy (non-hydrogen) atoms. The summed E-state index contributed by atoms with van der Waals surface area (Å²) in [5, 5.41) is 0. The molecule has 0 saturated heterocycles. The quantitative estimate of drug-likeness (QED) is 0.335. The molecule has 0 aromatic carbocycles. The third-order valence-electron chi connectivity index (χ3n) is 0. The van der Waals surface area contributed by atoms with Crippen LogP contribution in [0.1, 0.15) is 20.3 Å². The number of hydrogen-bond acceptors (Lipinski definition) is 2. The van der Waals surface area contributed by atoms with Gasteiger partial charge in [-0.25, -0.2) is 0 Å². The van der Waals surface area contributed by atoms with Gasteiger partial charge in [0.1, 0.15) is 0 Å². The van der Waals surface area contributed by atoms with E-state index in [9.17, 15) is 0 Å². The predicted molar refractivity (Wildman–Crippen MR) is 57.8 cm³/mol. The lowest BCUT2D eigenvalue weighted by atomic mass is 10.6. The van der Waals surface area contributed by atoms with Crippen molar-refractivity contribution < 1.29 is 29.4 Å². The average Bonchev–Trinajstić information content (AvgIpc) is 1.52. The molecule has 6 N–H and O–H groups in total. The van der Waals surface area contributed by atoms with Crippen LogP contribution in [0.15, 0.2) is 0 Å². The van der Waals surface area contributed by atoms with E-state index in [1.165, 1.54) is 6.42 Å². The van der Waals surface area contributed by atoms with Crippen molar-refractivity contribution in [2.45, 2.75) is 20.3 Å². The van der Waals surface area contributed by atoms with Gasteiger partial charge >= 0.3 is 13.4 Å². The summed E-state index contributed by atoms with van der Waals surface area (Å²) >= 11 is 7.21. The SMILES string of the molecule is CCC.OP(O)(O)=S.OP(O)(O)=S. The first-order valence-electron chi connectivity index (χ1n) is 2.98. The maximum Gasteiger partial charge on any atom is 0.319 e. The molecule has 0 atom stereocenters. The predicted octanol–water partition coefficient (Wildman–Crippen LogP) is -0.208. The zero-order valence-corrected chi connectivity index (χ0v) is 10.5. The molecule has 0 aromatic heterocycles. The Bertz CT molecular complexity index is 148. The summed E-state index contributed by atoms with van der Waals surface area (Å²) < 4.78 is 0. The van der Waals surface area contributed by atoms with E-state index in [-0.39, 0.29) is 0 Å².